The van der Waals surface area contributed by atoms with Crippen LogP contribution in [0.4, 0.5) is 21.7 Å². The number of carbonyl (C=O) groups excluding carboxylic acids is 2. The molecule has 4 rings (SSSR count). The van der Waals surface area contributed by atoms with Gasteiger partial charge < -0.3 is 21.3 Å². The van der Waals surface area contributed by atoms with Crippen LogP contribution < -0.4 is 21.3 Å². The summed E-state index contributed by atoms with van der Waals surface area (Å²) in [6.07, 6.45) is 5.21. The second-order valence-corrected chi connectivity index (χ2v) is 9.47. The van der Waals surface area contributed by atoms with E-state index in [9.17, 15) is 14.0 Å². The Balaban J connectivity index is 1.37. The first-order valence-corrected chi connectivity index (χ1v) is 12.0. The van der Waals surface area contributed by atoms with Gasteiger partial charge in [0.05, 0.1) is 22.9 Å². The highest BCUT2D eigenvalue weighted by molar-refractivity contribution is 6.00. The summed E-state index contributed by atoms with van der Waals surface area (Å²) < 4.78 is 13.1. The van der Waals surface area contributed by atoms with Crippen molar-refractivity contribution in [3.63, 3.8) is 0 Å². The zero-order chi connectivity index (χ0) is 24.9. The molecule has 1 unspecified atom stereocenters. The Morgan fingerprint density at radius 3 is 2.40 bits per heavy atom. The molecule has 2 heterocycles. The van der Waals surface area contributed by atoms with Crippen LogP contribution in [-0.2, 0) is 4.79 Å². The molecular formula is C25H30FN7O2. The number of aromatic nitrogens is 2. The number of hydrogen-bond acceptors (Lipinski definition) is 7. The molecule has 0 radical (unpaired) electrons. The third kappa shape index (κ3) is 6.44. The van der Waals surface area contributed by atoms with Gasteiger partial charge in [-0.3, -0.25) is 9.59 Å². The molecule has 0 aliphatic heterocycles. The molecule has 2 atom stereocenters. The molecular weight excluding hydrogens is 449 g/mol. The molecule has 0 saturated heterocycles. The summed E-state index contributed by atoms with van der Waals surface area (Å²) in [5.41, 5.74) is 1.53. The predicted molar refractivity (Wildman–Crippen MR) is 130 cm³/mol. The normalized spacial score (nSPS) is 23.2. The van der Waals surface area contributed by atoms with Crippen molar-refractivity contribution in [3.8, 4) is 6.07 Å². The standard InChI is InChI=1S/C25H30FN7O2/c1-14(2)30-20-10-23(33-22-8-3-15(11-27)12-28-22)29-13-18(20)25(35)31-17-6-4-16(5-7-17)24(34)32-21-9-19(21)26/h3,8,10,12-14,16-17,19,21H,4-7,9H2,1-2H3,(H,31,35)(H,32,34)(H2,28,29,30,33)/t16?,17?,19?,21-/m0/s1. The molecule has 35 heavy (non-hydrogen) atoms. The van der Waals surface area contributed by atoms with Crippen molar-refractivity contribution in [1.29, 1.82) is 5.26 Å². The van der Waals surface area contributed by atoms with Gasteiger partial charge in [0.25, 0.3) is 5.91 Å². The number of amides is 2. The van der Waals surface area contributed by atoms with Crippen molar-refractivity contribution in [3.05, 3.63) is 41.7 Å². The topological polar surface area (TPSA) is 132 Å². The number of halogens is 1. The molecule has 9 nitrogen and oxygen atoms in total. The van der Waals surface area contributed by atoms with Crippen LogP contribution in [0.25, 0.3) is 0 Å². The van der Waals surface area contributed by atoms with Gasteiger partial charge in [0.2, 0.25) is 5.91 Å². The first-order chi connectivity index (χ1) is 16.8. The molecule has 2 aliphatic carbocycles. The van der Waals surface area contributed by atoms with Gasteiger partial charge in [0.15, 0.2) is 0 Å². The summed E-state index contributed by atoms with van der Waals surface area (Å²) in [6.45, 7) is 3.97. The Labute approximate surface area is 203 Å². The second-order valence-electron chi connectivity index (χ2n) is 9.47. The second kappa shape index (κ2) is 10.7. The van der Waals surface area contributed by atoms with Gasteiger partial charge in [-0.2, -0.15) is 5.26 Å². The Morgan fingerprint density at radius 2 is 1.80 bits per heavy atom. The smallest absolute Gasteiger partial charge is 0.255 e. The van der Waals surface area contributed by atoms with E-state index in [1.165, 1.54) is 12.4 Å². The molecule has 0 aromatic carbocycles. The van der Waals surface area contributed by atoms with Crippen LogP contribution in [0, 0.1) is 17.2 Å². The predicted octanol–water partition coefficient (Wildman–Crippen LogP) is 3.43. The number of hydrogen-bond donors (Lipinski definition) is 4. The average Bonchev–Trinajstić information content (AvgIpc) is 3.53. The highest BCUT2D eigenvalue weighted by Gasteiger charge is 2.40. The SMILES string of the molecule is CC(C)Nc1cc(Nc2ccc(C#N)cn2)ncc1C(=O)NC1CCC(C(=O)N[C@H]2CC2F)CC1. The van der Waals surface area contributed by atoms with Crippen LogP contribution in [0.15, 0.2) is 30.6 Å². The van der Waals surface area contributed by atoms with Crippen molar-refractivity contribution in [2.75, 3.05) is 10.6 Å². The Kier molecular flexibility index (Phi) is 7.44. The van der Waals surface area contributed by atoms with E-state index in [1.54, 1.807) is 18.2 Å². The summed E-state index contributed by atoms with van der Waals surface area (Å²) in [4.78, 5) is 33.9. The van der Waals surface area contributed by atoms with E-state index in [0.29, 0.717) is 60.6 Å². The van der Waals surface area contributed by atoms with E-state index in [-0.39, 0.29) is 35.9 Å². The number of nitriles is 1. The van der Waals surface area contributed by atoms with E-state index in [4.69, 9.17) is 5.26 Å². The van der Waals surface area contributed by atoms with Crippen LogP contribution in [0.5, 0.6) is 0 Å². The summed E-state index contributed by atoms with van der Waals surface area (Å²) in [5.74, 6) is 0.618. The number of nitrogens with one attached hydrogen (secondary N) is 4. The molecule has 2 saturated carbocycles. The molecule has 2 amide bonds. The van der Waals surface area contributed by atoms with Crippen molar-refractivity contribution in [2.45, 2.75) is 70.2 Å². The molecule has 2 fully saturated rings. The van der Waals surface area contributed by atoms with Crippen LogP contribution >= 0.6 is 0 Å². The summed E-state index contributed by atoms with van der Waals surface area (Å²) >= 11 is 0. The molecule has 4 N–H and O–H groups in total. The van der Waals surface area contributed by atoms with Gasteiger partial charge in [0.1, 0.15) is 23.9 Å². The fourth-order valence-corrected chi connectivity index (χ4v) is 4.18. The van der Waals surface area contributed by atoms with E-state index < -0.39 is 6.17 Å². The van der Waals surface area contributed by atoms with Gasteiger partial charge in [-0.25, -0.2) is 14.4 Å². The van der Waals surface area contributed by atoms with E-state index in [0.717, 1.165) is 0 Å². The van der Waals surface area contributed by atoms with Crippen molar-refractivity contribution < 1.29 is 14.0 Å². The largest absolute Gasteiger partial charge is 0.382 e. The molecule has 2 aliphatic rings. The van der Waals surface area contributed by atoms with Gasteiger partial charge in [-0.1, -0.05) is 0 Å². The number of rotatable bonds is 8. The minimum Gasteiger partial charge on any atom is -0.382 e. The lowest BCUT2D eigenvalue weighted by Gasteiger charge is -2.28. The number of alkyl halides is 1. The number of anilines is 3. The quantitative estimate of drug-likeness (QED) is 0.456. The number of carbonyl (C=O) groups is 2. The average molecular weight is 480 g/mol. The molecule has 184 valence electrons. The monoisotopic (exact) mass is 479 g/mol. The Bertz CT molecular complexity index is 1110. The highest BCUT2D eigenvalue weighted by Crippen LogP contribution is 2.29. The van der Waals surface area contributed by atoms with E-state index >= 15 is 0 Å². The lowest BCUT2D eigenvalue weighted by Crippen LogP contribution is -2.41. The minimum absolute atomic E-state index is 0.0334. The first-order valence-electron chi connectivity index (χ1n) is 12.0. The van der Waals surface area contributed by atoms with E-state index in [2.05, 4.69) is 31.2 Å². The summed E-state index contributed by atoms with van der Waals surface area (Å²) in [7, 11) is 0. The van der Waals surface area contributed by atoms with Crippen LogP contribution in [-0.4, -0.2) is 46.1 Å². The minimum atomic E-state index is -0.904. The van der Waals surface area contributed by atoms with Crippen LogP contribution in [0.3, 0.4) is 0 Å². The lowest BCUT2D eigenvalue weighted by molar-refractivity contribution is -0.126. The fourth-order valence-electron chi connectivity index (χ4n) is 4.18. The maximum Gasteiger partial charge on any atom is 0.255 e. The molecule has 2 aromatic rings. The maximum atomic E-state index is 13.1. The summed E-state index contributed by atoms with van der Waals surface area (Å²) in [6, 6.07) is 6.87. The van der Waals surface area contributed by atoms with Crippen LogP contribution in [0.1, 0.15) is 61.9 Å². The van der Waals surface area contributed by atoms with Crippen molar-refractivity contribution >= 4 is 29.1 Å². The molecule has 2 aromatic heterocycles. The zero-order valence-corrected chi connectivity index (χ0v) is 19.8. The summed E-state index contributed by atoms with van der Waals surface area (Å²) in [5, 5.41) is 21.1. The van der Waals surface area contributed by atoms with Crippen LogP contribution in [0.2, 0.25) is 0 Å². The third-order valence-corrected chi connectivity index (χ3v) is 6.21. The van der Waals surface area contributed by atoms with Gasteiger partial charge in [-0.15, -0.1) is 0 Å². The molecule has 0 spiro atoms. The Hall–Kier alpha value is -3.74. The first kappa shape index (κ1) is 24.4. The van der Waals surface area contributed by atoms with E-state index in [1.807, 2.05) is 19.9 Å². The molecule has 0 bridgehead atoms. The fraction of sp³-hybridized carbons (Fsp3) is 0.480. The third-order valence-electron chi connectivity index (χ3n) is 6.21. The highest BCUT2D eigenvalue weighted by atomic mass is 19.1. The molecule has 10 heteroatoms. The van der Waals surface area contributed by atoms with Gasteiger partial charge in [-0.05, 0) is 51.7 Å². The van der Waals surface area contributed by atoms with Crippen molar-refractivity contribution in [1.82, 2.24) is 20.6 Å². The van der Waals surface area contributed by atoms with Crippen molar-refractivity contribution in [2.24, 2.45) is 5.92 Å². The lowest BCUT2D eigenvalue weighted by atomic mass is 9.85. The van der Waals surface area contributed by atoms with Gasteiger partial charge in [0, 0.05) is 42.9 Å². The number of nitrogens with zero attached hydrogens (tertiary/aromatic N) is 3. The zero-order valence-electron chi connectivity index (χ0n) is 19.8. The maximum absolute atomic E-state index is 13.1. The Morgan fingerprint density at radius 1 is 1.09 bits per heavy atom. The van der Waals surface area contributed by atoms with Gasteiger partial charge >= 0.3 is 0 Å². The number of pyridine rings is 2.